The van der Waals surface area contributed by atoms with Crippen molar-refractivity contribution in [3.63, 3.8) is 0 Å². The van der Waals surface area contributed by atoms with Gasteiger partial charge in [-0.05, 0) is 11.6 Å². The van der Waals surface area contributed by atoms with E-state index in [0.717, 1.165) is 5.56 Å². The summed E-state index contributed by atoms with van der Waals surface area (Å²) in [4.78, 5) is 12.0. The van der Waals surface area contributed by atoms with Crippen LogP contribution in [-0.4, -0.2) is 46.1 Å². The summed E-state index contributed by atoms with van der Waals surface area (Å²) in [6.07, 6.45) is 3.48. The number of hydrogen-bond acceptors (Lipinski definition) is 5. The zero-order valence-corrected chi connectivity index (χ0v) is 15.2. The Balaban J connectivity index is 2.95. The largest absolute Gasteiger partial charge is 0.495 e. The van der Waals surface area contributed by atoms with Gasteiger partial charge in [-0.15, -0.1) is 0 Å². The molecule has 2 rings (SSSR count). The van der Waals surface area contributed by atoms with E-state index in [1.807, 2.05) is 30.3 Å². The Labute approximate surface area is 152 Å². The number of benzene rings is 2. The molecule has 0 radical (unpaired) electrons. The lowest BCUT2D eigenvalue weighted by atomic mass is 9.94. The third kappa shape index (κ3) is 3.65. The number of rotatable bonds is 8. The first-order valence-electron chi connectivity index (χ1n) is 7.90. The van der Waals surface area contributed by atoms with Crippen molar-refractivity contribution >= 4 is 12.0 Å². The molecule has 0 saturated heterocycles. The van der Waals surface area contributed by atoms with Gasteiger partial charge in [-0.3, -0.25) is 0 Å². The van der Waals surface area contributed by atoms with Gasteiger partial charge in [-0.25, -0.2) is 4.79 Å². The molecule has 0 saturated carbocycles. The van der Waals surface area contributed by atoms with E-state index >= 15 is 0 Å². The molecule has 0 heterocycles. The molecule has 0 atom stereocenters. The minimum Gasteiger partial charge on any atom is -0.495 e. The Morgan fingerprint density at radius 1 is 0.962 bits per heavy atom. The fraction of sp³-hybridized carbons (Fsp3) is 0.250. The highest BCUT2D eigenvalue weighted by atomic mass is 16.5. The summed E-state index contributed by atoms with van der Waals surface area (Å²) < 4.78 is 21.6. The number of aromatic carboxylic acids is 1. The van der Waals surface area contributed by atoms with Crippen molar-refractivity contribution in [2.45, 2.75) is 0 Å². The third-order valence-corrected chi connectivity index (χ3v) is 3.83. The highest BCUT2D eigenvalue weighted by Crippen LogP contribution is 2.49. The molecule has 0 aliphatic heterocycles. The average molecular weight is 358 g/mol. The molecule has 0 bridgehead atoms. The van der Waals surface area contributed by atoms with E-state index in [-0.39, 0.29) is 17.1 Å². The smallest absolute Gasteiger partial charge is 0.343 e. The summed E-state index contributed by atoms with van der Waals surface area (Å²) in [5, 5.41) is 9.79. The van der Waals surface area contributed by atoms with Crippen LogP contribution in [0.25, 0.3) is 17.2 Å². The van der Waals surface area contributed by atoms with Gasteiger partial charge < -0.3 is 24.1 Å². The second-order valence-corrected chi connectivity index (χ2v) is 5.29. The first-order chi connectivity index (χ1) is 12.6. The van der Waals surface area contributed by atoms with Crippen molar-refractivity contribution in [1.29, 1.82) is 0 Å². The number of methoxy groups -OCH3 is 4. The maximum absolute atomic E-state index is 12.0. The molecule has 138 valence electrons. The SMILES string of the molecule is COC/C=C\c1c(OC)c(C(=O)O)c(OC)c(-c2ccccc2)c1OC. The van der Waals surface area contributed by atoms with Gasteiger partial charge in [0, 0.05) is 7.11 Å². The van der Waals surface area contributed by atoms with E-state index in [2.05, 4.69) is 0 Å². The molecule has 0 spiro atoms. The number of hydrogen-bond donors (Lipinski definition) is 1. The Kier molecular flexibility index (Phi) is 6.63. The molecule has 26 heavy (non-hydrogen) atoms. The Morgan fingerprint density at radius 3 is 2.08 bits per heavy atom. The van der Waals surface area contributed by atoms with Gasteiger partial charge in [0.15, 0.2) is 0 Å². The lowest BCUT2D eigenvalue weighted by molar-refractivity contribution is 0.0689. The van der Waals surface area contributed by atoms with E-state index in [1.165, 1.54) is 21.3 Å². The second-order valence-electron chi connectivity index (χ2n) is 5.29. The molecule has 0 aromatic heterocycles. The highest BCUT2D eigenvalue weighted by Gasteiger charge is 2.29. The lowest BCUT2D eigenvalue weighted by Gasteiger charge is -2.21. The highest BCUT2D eigenvalue weighted by molar-refractivity contribution is 6.01. The van der Waals surface area contributed by atoms with Gasteiger partial charge in [0.2, 0.25) is 0 Å². The molecular weight excluding hydrogens is 336 g/mol. The van der Waals surface area contributed by atoms with Crippen molar-refractivity contribution in [3.8, 4) is 28.4 Å². The molecular formula is C20H22O6. The molecule has 0 fully saturated rings. The fourth-order valence-corrected chi connectivity index (χ4v) is 2.81. The van der Waals surface area contributed by atoms with Gasteiger partial charge in [-0.2, -0.15) is 0 Å². The molecule has 0 unspecified atom stereocenters. The molecule has 6 nitrogen and oxygen atoms in total. The summed E-state index contributed by atoms with van der Waals surface area (Å²) in [7, 11) is 5.93. The second kappa shape index (κ2) is 8.92. The van der Waals surface area contributed by atoms with Crippen molar-refractivity contribution in [1.82, 2.24) is 0 Å². The van der Waals surface area contributed by atoms with Crippen molar-refractivity contribution in [2.75, 3.05) is 35.0 Å². The summed E-state index contributed by atoms with van der Waals surface area (Å²) >= 11 is 0. The van der Waals surface area contributed by atoms with Crippen LogP contribution >= 0.6 is 0 Å². The average Bonchev–Trinajstić information content (AvgIpc) is 2.67. The number of ether oxygens (including phenoxy) is 4. The minimum atomic E-state index is -1.15. The van der Waals surface area contributed by atoms with Crippen LogP contribution < -0.4 is 14.2 Å². The van der Waals surface area contributed by atoms with Crippen LogP contribution in [0.15, 0.2) is 36.4 Å². The zero-order chi connectivity index (χ0) is 19.1. The van der Waals surface area contributed by atoms with Crippen LogP contribution in [0.3, 0.4) is 0 Å². The number of carbonyl (C=O) groups is 1. The Hall–Kier alpha value is -2.99. The number of carboxylic acid groups (broad SMARTS) is 1. The molecule has 1 N–H and O–H groups in total. The van der Waals surface area contributed by atoms with E-state index in [0.29, 0.717) is 23.5 Å². The first kappa shape index (κ1) is 19.3. The van der Waals surface area contributed by atoms with Crippen LogP contribution in [0, 0.1) is 0 Å². The summed E-state index contributed by atoms with van der Waals surface area (Å²) in [5.41, 5.74) is 1.76. The predicted molar refractivity (Wildman–Crippen MR) is 99.4 cm³/mol. The van der Waals surface area contributed by atoms with Gasteiger partial charge >= 0.3 is 5.97 Å². The van der Waals surface area contributed by atoms with Crippen molar-refractivity contribution < 1.29 is 28.8 Å². The zero-order valence-electron chi connectivity index (χ0n) is 15.2. The Bertz CT molecular complexity index is 796. The standard InChI is InChI=1S/C20H22O6/c1-23-12-8-11-14-17(24-2)15(13-9-6-5-7-10-13)19(26-4)16(20(21)22)18(14)25-3/h5-11H,12H2,1-4H3,(H,21,22)/b11-8-. The van der Waals surface area contributed by atoms with Crippen LogP contribution in [0.2, 0.25) is 0 Å². The molecule has 2 aromatic carbocycles. The quantitative estimate of drug-likeness (QED) is 0.775. The van der Waals surface area contributed by atoms with E-state index in [4.69, 9.17) is 18.9 Å². The van der Waals surface area contributed by atoms with Crippen LogP contribution in [0.4, 0.5) is 0 Å². The molecule has 0 aliphatic carbocycles. The normalized spacial score (nSPS) is 10.8. The molecule has 2 aromatic rings. The van der Waals surface area contributed by atoms with Crippen molar-refractivity contribution in [3.05, 3.63) is 47.5 Å². The first-order valence-corrected chi connectivity index (χ1v) is 7.90. The topological polar surface area (TPSA) is 74.2 Å². The molecule has 6 heteroatoms. The Morgan fingerprint density at radius 2 is 1.58 bits per heavy atom. The maximum atomic E-state index is 12.0. The monoisotopic (exact) mass is 358 g/mol. The van der Waals surface area contributed by atoms with Crippen LogP contribution in [0.1, 0.15) is 15.9 Å². The van der Waals surface area contributed by atoms with Gasteiger partial charge in [-0.1, -0.05) is 36.4 Å². The van der Waals surface area contributed by atoms with E-state index in [1.54, 1.807) is 19.3 Å². The van der Waals surface area contributed by atoms with Crippen LogP contribution in [-0.2, 0) is 4.74 Å². The third-order valence-electron chi connectivity index (χ3n) is 3.83. The fourth-order valence-electron chi connectivity index (χ4n) is 2.81. The number of carboxylic acids is 1. The summed E-state index contributed by atoms with van der Waals surface area (Å²) in [5.74, 6) is -0.346. The molecule has 0 amide bonds. The predicted octanol–water partition coefficient (Wildman–Crippen LogP) is 3.74. The van der Waals surface area contributed by atoms with E-state index in [9.17, 15) is 9.90 Å². The molecule has 0 aliphatic rings. The van der Waals surface area contributed by atoms with Gasteiger partial charge in [0.25, 0.3) is 0 Å². The summed E-state index contributed by atoms with van der Waals surface area (Å²) in [6, 6.07) is 9.32. The van der Waals surface area contributed by atoms with E-state index < -0.39 is 5.97 Å². The van der Waals surface area contributed by atoms with Gasteiger partial charge in [0.1, 0.15) is 22.8 Å². The van der Waals surface area contributed by atoms with Crippen molar-refractivity contribution in [2.24, 2.45) is 0 Å². The maximum Gasteiger partial charge on any atom is 0.343 e. The summed E-state index contributed by atoms with van der Waals surface area (Å²) in [6.45, 7) is 0.363. The van der Waals surface area contributed by atoms with Gasteiger partial charge in [0.05, 0.1) is 39.1 Å². The lowest BCUT2D eigenvalue weighted by Crippen LogP contribution is -2.09. The minimum absolute atomic E-state index is 0.0632. The van der Waals surface area contributed by atoms with Crippen LogP contribution in [0.5, 0.6) is 17.2 Å².